The number of rotatable bonds is 8. The van der Waals surface area contributed by atoms with Gasteiger partial charge in [-0.2, -0.15) is 5.10 Å². The minimum atomic E-state index is -0.498. The third-order valence-electron chi connectivity index (χ3n) is 5.55. The number of halogens is 2. The third-order valence-corrected chi connectivity index (χ3v) is 6.48. The summed E-state index contributed by atoms with van der Waals surface area (Å²) in [5.41, 5.74) is 3.38. The highest BCUT2D eigenvalue weighted by Crippen LogP contribution is 2.36. The van der Waals surface area contributed by atoms with Crippen molar-refractivity contribution in [2.45, 2.75) is 60.2 Å². The minimum absolute atomic E-state index is 0.125. The maximum absolute atomic E-state index is 13.6. The molecule has 0 fully saturated rings. The van der Waals surface area contributed by atoms with Gasteiger partial charge in [-0.25, -0.2) is 18.4 Å². The van der Waals surface area contributed by atoms with Gasteiger partial charge in [-0.3, -0.25) is 10.1 Å². The van der Waals surface area contributed by atoms with Gasteiger partial charge in [0.25, 0.3) is 0 Å². The Morgan fingerprint density at radius 1 is 0.974 bits per heavy atom. The third kappa shape index (κ3) is 7.79. The first kappa shape index (κ1) is 30.8. The van der Waals surface area contributed by atoms with E-state index >= 15 is 0 Å². The number of benzene rings is 2. The molecule has 6 nitrogen and oxygen atoms in total. The Balaban J connectivity index is 0.00000121. The number of nitrogens with one attached hydrogen (secondary N) is 2. The highest BCUT2D eigenvalue weighted by atomic mass is 32.1. The van der Waals surface area contributed by atoms with Gasteiger partial charge in [0.15, 0.2) is 0 Å². The van der Waals surface area contributed by atoms with Crippen molar-refractivity contribution in [3.05, 3.63) is 83.0 Å². The van der Waals surface area contributed by atoms with Crippen molar-refractivity contribution in [3.8, 4) is 21.8 Å². The first-order chi connectivity index (χ1) is 18.3. The number of hydrogen-bond donors (Lipinski definition) is 2. The summed E-state index contributed by atoms with van der Waals surface area (Å²) in [4.78, 5) is 17.1. The molecule has 0 bridgehead atoms. The quantitative estimate of drug-likeness (QED) is 0.258. The Labute approximate surface area is 228 Å². The summed E-state index contributed by atoms with van der Waals surface area (Å²) in [6.07, 6.45) is 1.87. The molecule has 2 aromatic heterocycles. The SMILES string of the molecule is CC.CC.CNC(C)(C)n1ncc(-c2nc(CC(=O)NCc3ccc(F)cc3)cs2)c1-c1ccc(F)cc1. The van der Waals surface area contributed by atoms with Crippen LogP contribution in [0.2, 0.25) is 0 Å². The van der Waals surface area contributed by atoms with Gasteiger partial charge in [-0.1, -0.05) is 39.8 Å². The molecule has 0 saturated carbocycles. The van der Waals surface area contributed by atoms with Crippen molar-refractivity contribution in [3.63, 3.8) is 0 Å². The Hall–Kier alpha value is -3.43. The smallest absolute Gasteiger partial charge is 0.226 e. The summed E-state index contributed by atoms with van der Waals surface area (Å²) < 4.78 is 28.5. The molecule has 0 radical (unpaired) electrons. The van der Waals surface area contributed by atoms with Gasteiger partial charge in [-0.15, -0.1) is 11.3 Å². The van der Waals surface area contributed by atoms with Gasteiger partial charge in [0.1, 0.15) is 22.3 Å². The van der Waals surface area contributed by atoms with Crippen molar-refractivity contribution in [1.29, 1.82) is 0 Å². The van der Waals surface area contributed by atoms with E-state index in [9.17, 15) is 13.6 Å². The minimum Gasteiger partial charge on any atom is -0.352 e. The molecule has 1 amide bonds. The van der Waals surface area contributed by atoms with E-state index in [2.05, 4.69) is 20.7 Å². The maximum atomic E-state index is 13.6. The predicted octanol–water partition coefficient (Wildman–Crippen LogP) is 6.78. The van der Waals surface area contributed by atoms with E-state index in [1.165, 1.54) is 35.6 Å². The van der Waals surface area contributed by atoms with Gasteiger partial charge in [0, 0.05) is 17.5 Å². The lowest BCUT2D eigenvalue weighted by Crippen LogP contribution is -2.40. The predicted molar refractivity (Wildman–Crippen MR) is 152 cm³/mol. The van der Waals surface area contributed by atoms with Crippen LogP contribution in [0.15, 0.2) is 60.1 Å². The van der Waals surface area contributed by atoms with Gasteiger partial charge >= 0.3 is 0 Å². The molecular weight excluding hydrogens is 504 g/mol. The van der Waals surface area contributed by atoms with E-state index in [0.29, 0.717) is 12.2 Å². The molecule has 0 atom stereocenters. The lowest BCUT2D eigenvalue weighted by molar-refractivity contribution is -0.120. The number of hydrogen-bond acceptors (Lipinski definition) is 5. The van der Waals surface area contributed by atoms with Crippen molar-refractivity contribution in [2.75, 3.05) is 7.05 Å². The number of carbonyl (C=O) groups excluding carboxylic acids is 1. The Morgan fingerprint density at radius 2 is 1.55 bits per heavy atom. The van der Waals surface area contributed by atoms with Crippen LogP contribution in [-0.4, -0.2) is 27.7 Å². The molecule has 204 valence electrons. The summed E-state index contributed by atoms with van der Waals surface area (Å²) in [6, 6.07) is 12.3. The second kappa shape index (κ2) is 14.5. The van der Waals surface area contributed by atoms with Crippen molar-refractivity contribution < 1.29 is 13.6 Å². The molecule has 4 aromatic rings. The van der Waals surface area contributed by atoms with Crippen LogP contribution in [0.3, 0.4) is 0 Å². The van der Waals surface area contributed by atoms with E-state index in [0.717, 1.165) is 27.4 Å². The summed E-state index contributed by atoms with van der Waals surface area (Å²) in [7, 11) is 1.85. The van der Waals surface area contributed by atoms with Crippen molar-refractivity contribution in [1.82, 2.24) is 25.4 Å². The standard InChI is InChI=1S/C25H25F2N5OS.2C2H6/c1-25(2,28-3)32-23(17-6-10-19(27)11-7-17)21(14-30-32)24-31-20(15-34-24)12-22(33)29-13-16-4-8-18(26)9-5-16;2*1-2/h4-11,14-15,28H,12-13H2,1-3H3,(H,29,33);2*1-2H3. The summed E-state index contributed by atoms with van der Waals surface area (Å²) >= 11 is 1.42. The fourth-order valence-corrected chi connectivity index (χ4v) is 4.29. The van der Waals surface area contributed by atoms with Crippen LogP contribution in [0.1, 0.15) is 52.8 Å². The maximum Gasteiger partial charge on any atom is 0.226 e. The number of aromatic nitrogens is 3. The fraction of sp³-hybridized carbons (Fsp3) is 0.345. The van der Waals surface area contributed by atoms with Crippen molar-refractivity contribution in [2.24, 2.45) is 0 Å². The summed E-state index contributed by atoms with van der Waals surface area (Å²) in [5.74, 6) is -0.800. The molecule has 2 N–H and O–H groups in total. The Kier molecular flexibility index (Phi) is 11.7. The van der Waals surface area contributed by atoms with Gasteiger partial charge in [-0.05, 0) is 62.9 Å². The Morgan fingerprint density at radius 3 is 2.13 bits per heavy atom. The molecule has 2 heterocycles. The number of carbonyl (C=O) groups is 1. The topological polar surface area (TPSA) is 71.8 Å². The molecule has 0 aliphatic rings. The average Bonchev–Trinajstić information content (AvgIpc) is 3.59. The molecule has 0 aliphatic carbocycles. The summed E-state index contributed by atoms with van der Waals surface area (Å²) in [6.45, 7) is 12.3. The van der Waals surface area contributed by atoms with E-state index in [1.54, 1.807) is 30.5 Å². The normalized spacial score (nSPS) is 10.7. The van der Waals surface area contributed by atoms with Gasteiger partial charge in [0.2, 0.25) is 5.91 Å². The van der Waals surface area contributed by atoms with Crippen LogP contribution in [0.4, 0.5) is 8.78 Å². The van der Waals surface area contributed by atoms with E-state index in [1.807, 2.05) is 58.7 Å². The van der Waals surface area contributed by atoms with E-state index < -0.39 is 5.66 Å². The fourth-order valence-electron chi connectivity index (χ4n) is 3.46. The number of nitrogens with zero attached hydrogens (tertiary/aromatic N) is 3. The molecule has 9 heteroatoms. The molecule has 38 heavy (non-hydrogen) atoms. The zero-order valence-electron chi connectivity index (χ0n) is 23.1. The largest absolute Gasteiger partial charge is 0.352 e. The molecule has 0 spiro atoms. The van der Waals surface area contributed by atoms with Crippen molar-refractivity contribution >= 4 is 17.2 Å². The molecule has 0 unspecified atom stereocenters. The number of amides is 1. The molecule has 2 aromatic carbocycles. The summed E-state index contributed by atoms with van der Waals surface area (Å²) in [5, 5.41) is 13.2. The van der Waals surface area contributed by atoms with Crippen LogP contribution < -0.4 is 10.6 Å². The zero-order chi connectivity index (χ0) is 28.3. The van der Waals surface area contributed by atoms with Gasteiger partial charge < -0.3 is 5.32 Å². The Bertz CT molecular complexity index is 1280. The number of thiazole rings is 1. The lowest BCUT2D eigenvalue weighted by Gasteiger charge is -2.27. The molecular formula is C29H37F2N5OS. The first-order valence-electron chi connectivity index (χ1n) is 12.8. The monoisotopic (exact) mass is 541 g/mol. The highest BCUT2D eigenvalue weighted by Gasteiger charge is 2.26. The van der Waals surface area contributed by atoms with Gasteiger partial charge in [0.05, 0.1) is 29.6 Å². The second-order valence-electron chi connectivity index (χ2n) is 8.36. The lowest BCUT2D eigenvalue weighted by atomic mass is 10.1. The molecule has 0 saturated heterocycles. The van der Waals surface area contributed by atoms with E-state index in [-0.39, 0.29) is 24.0 Å². The first-order valence-corrected chi connectivity index (χ1v) is 13.6. The van der Waals surface area contributed by atoms with E-state index in [4.69, 9.17) is 0 Å². The van der Waals surface area contributed by atoms with Crippen LogP contribution in [0, 0.1) is 11.6 Å². The van der Waals surface area contributed by atoms with Crippen LogP contribution in [0.25, 0.3) is 21.8 Å². The van der Waals surface area contributed by atoms with Crippen LogP contribution in [-0.2, 0) is 23.4 Å². The zero-order valence-corrected chi connectivity index (χ0v) is 23.9. The highest BCUT2D eigenvalue weighted by molar-refractivity contribution is 7.13. The van der Waals surface area contributed by atoms with Crippen LogP contribution >= 0.6 is 11.3 Å². The average molecular weight is 542 g/mol. The molecule has 4 rings (SSSR count). The second-order valence-corrected chi connectivity index (χ2v) is 9.22. The van der Waals surface area contributed by atoms with Crippen LogP contribution in [0.5, 0.6) is 0 Å². The molecule has 0 aliphatic heterocycles.